The molecule has 3 aromatic carbocycles. The lowest BCUT2D eigenvalue weighted by Gasteiger charge is -2.37. The topological polar surface area (TPSA) is 68.3 Å². The van der Waals surface area contributed by atoms with Crippen molar-refractivity contribution < 1.29 is 16.8 Å². The van der Waals surface area contributed by atoms with Gasteiger partial charge in [-0.2, -0.15) is 0 Å². The van der Waals surface area contributed by atoms with Gasteiger partial charge in [-0.1, -0.05) is 98.6 Å². The molecule has 1 aliphatic carbocycles. The lowest BCUT2D eigenvalue weighted by Crippen LogP contribution is -2.38. The summed E-state index contributed by atoms with van der Waals surface area (Å²) in [5, 5.41) is 0. The molecule has 0 saturated carbocycles. The minimum atomic E-state index is -4.26. The van der Waals surface area contributed by atoms with Crippen LogP contribution in [0.15, 0.2) is 112 Å². The van der Waals surface area contributed by atoms with Crippen molar-refractivity contribution in [3.05, 3.63) is 108 Å². The first kappa shape index (κ1) is 28.3. The second kappa shape index (κ2) is 12.0. The zero-order valence-corrected chi connectivity index (χ0v) is 24.1. The summed E-state index contributed by atoms with van der Waals surface area (Å²) in [6.45, 7) is 6.59. The predicted molar refractivity (Wildman–Crippen MR) is 154 cm³/mol. The first-order valence-electron chi connectivity index (χ1n) is 13.5. The van der Waals surface area contributed by atoms with Gasteiger partial charge in [-0.25, -0.2) is 16.8 Å². The highest BCUT2D eigenvalue weighted by atomic mass is 32.3. The summed E-state index contributed by atoms with van der Waals surface area (Å²) < 4.78 is 55.6. The maximum Gasteiger partial charge on any atom is 0.196 e. The van der Waals surface area contributed by atoms with Crippen LogP contribution in [0.5, 0.6) is 0 Å². The molecule has 0 bridgehead atoms. The Morgan fingerprint density at radius 3 is 1.53 bits per heavy atom. The average Bonchev–Trinajstić information content (AvgIpc) is 2.94. The van der Waals surface area contributed by atoms with Crippen molar-refractivity contribution in [2.75, 3.05) is 0 Å². The van der Waals surface area contributed by atoms with Crippen LogP contribution in [0.3, 0.4) is 0 Å². The third-order valence-corrected chi connectivity index (χ3v) is 13.4. The SMILES string of the molecule is CCC1=C(CC)C[C@@H](C)[C@@H](CC(c2ccccc2)C(S(=O)(=O)c2ccccc2)S(=O)(=O)c2ccccc2)C1. The number of allylic oxidation sites excluding steroid dienone is 2. The summed E-state index contributed by atoms with van der Waals surface area (Å²) in [5.41, 5.74) is 3.68. The van der Waals surface area contributed by atoms with E-state index in [0.717, 1.165) is 31.2 Å². The highest BCUT2D eigenvalue weighted by molar-refractivity contribution is 8.09. The molecule has 3 atom stereocenters. The first-order valence-corrected chi connectivity index (χ1v) is 16.6. The molecule has 6 heteroatoms. The fourth-order valence-corrected chi connectivity index (χ4v) is 11.0. The summed E-state index contributed by atoms with van der Waals surface area (Å²) >= 11 is 0. The summed E-state index contributed by atoms with van der Waals surface area (Å²) in [6.07, 6.45) is 4.34. The van der Waals surface area contributed by atoms with Gasteiger partial charge in [0.2, 0.25) is 0 Å². The minimum Gasteiger partial charge on any atom is -0.222 e. The number of hydrogen-bond donors (Lipinski definition) is 0. The van der Waals surface area contributed by atoms with Crippen molar-refractivity contribution in [3.8, 4) is 0 Å². The molecular weight excluding hydrogens is 512 g/mol. The quantitative estimate of drug-likeness (QED) is 0.244. The first-order chi connectivity index (χ1) is 18.2. The predicted octanol–water partition coefficient (Wildman–Crippen LogP) is 7.60. The van der Waals surface area contributed by atoms with Crippen molar-refractivity contribution in [2.24, 2.45) is 11.8 Å². The Labute approximate surface area is 228 Å². The molecule has 202 valence electrons. The largest absolute Gasteiger partial charge is 0.222 e. The lowest BCUT2D eigenvalue weighted by molar-refractivity contribution is 0.288. The number of benzene rings is 3. The van der Waals surface area contributed by atoms with E-state index >= 15 is 0 Å². The molecule has 0 heterocycles. The molecule has 4 nitrogen and oxygen atoms in total. The maximum atomic E-state index is 14.3. The van der Waals surface area contributed by atoms with E-state index < -0.39 is 30.2 Å². The van der Waals surface area contributed by atoms with Gasteiger partial charge in [0.15, 0.2) is 24.3 Å². The van der Waals surface area contributed by atoms with Crippen LogP contribution in [-0.4, -0.2) is 21.4 Å². The Balaban J connectivity index is 1.90. The number of rotatable bonds is 10. The normalized spacial score (nSPS) is 19.5. The van der Waals surface area contributed by atoms with Crippen LogP contribution < -0.4 is 0 Å². The van der Waals surface area contributed by atoms with Crippen LogP contribution >= 0.6 is 0 Å². The standard InChI is InChI=1S/C32H38O4S2/c1-4-25-21-24(3)28(22-26(25)5-2)23-31(27-15-9-6-10-16-27)32(37(33,34)29-17-11-7-12-18-29)38(35,36)30-19-13-8-14-20-30/h6-20,24,28,31-32H,4-5,21-23H2,1-3H3/t24-,28-,31?/m1/s1. The van der Waals surface area contributed by atoms with Gasteiger partial charge in [0.1, 0.15) is 0 Å². The fraction of sp³-hybridized carbons (Fsp3) is 0.375. The van der Waals surface area contributed by atoms with Gasteiger partial charge in [-0.15, -0.1) is 0 Å². The molecule has 0 fully saturated rings. The molecule has 1 unspecified atom stereocenters. The highest BCUT2D eigenvalue weighted by Crippen LogP contribution is 2.45. The van der Waals surface area contributed by atoms with E-state index in [4.69, 9.17) is 0 Å². The van der Waals surface area contributed by atoms with Crippen LogP contribution in [-0.2, 0) is 19.7 Å². The monoisotopic (exact) mass is 550 g/mol. The Hall–Kier alpha value is -2.70. The molecule has 0 aliphatic heterocycles. The van der Waals surface area contributed by atoms with Crippen LogP contribution in [0.1, 0.15) is 64.4 Å². The van der Waals surface area contributed by atoms with Crippen molar-refractivity contribution in [2.45, 2.75) is 73.2 Å². The van der Waals surface area contributed by atoms with E-state index in [-0.39, 0.29) is 15.7 Å². The Morgan fingerprint density at radius 1 is 0.658 bits per heavy atom. The van der Waals surface area contributed by atoms with E-state index in [9.17, 15) is 16.8 Å². The molecule has 1 aliphatic rings. The molecule has 0 aromatic heterocycles. The molecule has 0 spiro atoms. The molecule has 38 heavy (non-hydrogen) atoms. The van der Waals surface area contributed by atoms with Crippen LogP contribution in [0.25, 0.3) is 0 Å². The Kier molecular flexibility index (Phi) is 8.94. The summed E-state index contributed by atoms with van der Waals surface area (Å²) in [4.78, 5) is 0.0640. The fourth-order valence-electron chi connectivity index (χ4n) is 5.98. The van der Waals surface area contributed by atoms with E-state index in [2.05, 4.69) is 20.8 Å². The molecule has 4 rings (SSSR count). The Bertz CT molecular complexity index is 1380. The van der Waals surface area contributed by atoms with E-state index in [0.29, 0.717) is 12.3 Å². The van der Waals surface area contributed by atoms with Gasteiger partial charge in [-0.05, 0) is 73.8 Å². The zero-order chi connectivity index (χ0) is 27.3. The number of hydrogen-bond acceptors (Lipinski definition) is 4. The van der Waals surface area contributed by atoms with Crippen molar-refractivity contribution in [1.82, 2.24) is 0 Å². The van der Waals surface area contributed by atoms with Crippen LogP contribution in [0, 0.1) is 11.8 Å². The minimum absolute atomic E-state index is 0.0320. The van der Waals surface area contributed by atoms with Crippen LogP contribution in [0.2, 0.25) is 0 Å². The molecule has 3 aromatic rings. The molecule has 0 radical (unpaired) electrons. The third-order valence-electron chi connectivity index (χ3n) is 8.10. The van der Waals surface area contributed by atoms with Crippen molar-refractivity contribution in [1.29, 1.82) is 0 Å². The summed E-state index contributed by atoms with van der Waals surface area (Å²) in [6, 6.07) is 25.4. The van der Waals surface area contributed by atoms with Gasteiger partial charge in [0, 0.05) is 5.92 Å². The van der Waals surface area contributed by atoms with Gasteiger partial charge < -0.3 is 0 Å². The molecule has 0 N–H and O–H groups in total. The smallest absolute Gasteiger partial charge is 0.196 e. The molecular formula is C32H38O4S2. The number of sulfone groups is 2. The lowest BCUT2D eigenvalue weighted by atomic mass is 9.71. The van der Waals surface area contributed by atoms with Gasteiger partial charge in [0.25, 0.3) is 0 Å². The second-order valence-electron chi connectivity index (χ2n) is 10.4. The van der Waals surface area contributed by atoms with E-state index in [1.165, 1.54) is 35.4 Å². The van der Waals surface area contributed by atoms with E-state index in [1.54, 1.807) is 36.4 Å². The van der Waals surface area contributed by atoms with E-state index in [1.807, 2.05) is 30.3 Å². The summed E-state index contributed by atoms with van der Waals surface area (Å²) in [5.74, 6) is -0.198. The summed E-state index contributed by atoms with van der Waals surface area (Å²) in [7, 11) is -8.51. The average molecular weight is 551 g/mol. The van der Waals surface area contributed by atoms with Crippen molar-refractivity contribution in [3.63, 3.8) is 0 Å². The molecule has 0 saturated heterocycles. The molecule has 0 amide bonds. The van der Waals surface area contributed by atoms with Gasteiger partial charge >= 0.3 is 0 Å². The van der Waals surface area contributed by atoms with Gasteiger partial charge in [-0.3, -0.25) is 0 Å². The van der Waals surface area contributed by atoms with Crippen molar-refractivity contribution >= 4 is 19.7 Å². The van der Waals surface area contributed by atoms with Gasteiger partial charge in [0.05, 0.1) is 9.79 Å². The zero-order valence-electron chi connectivity index (χ0n) is 22.5. The third kappa shape index (κ3) is 5.81. The Morgan fingerprint density at radius 2 is 1.08 bits per heavy atom. The highest BCUT2D eigenvalue weighted by Gasteiger charge is 2.47. The maximum absolute atomic E-state index is 14.3. The van der Waals surface area contributed by atoms with Crippen LogP contribution in [0.4, 0.5) is 0 Å². The second-order valence-corrected chi connectivity index (χ2v) is 14.8.